The Balaban J connectivity index is 1.16. The Labute approximate surface area is 300 Å². The minimum absolute atomic E-state index is 0.865. The number of benzene rings is 8. The van der Waals surface area contributed by atoms with Gasteiger partial charge < -0.3 is 18.6 Å². The van der Waals surface area contributed by atoms with Crippen molar-refractivity contribution < 1.29 is 9.15 Å². The predicted octanol–water partition coefficient (Wildman–Crippen LogP) is 13.6. The predicted molar refractivity (Wildman–Crippen MR) is 214 cm³/mol. The smallest absolute Gasteiger partial charge is 0.152 e. The number of hydrogen-bond donors (Lipinski definition) is 0. The number of para-hydroxylation sites is 6. The minimum atomic E-state index is 0.865. The van der Waals surface area contributed by atoms with E-state index < -0.39 is 0 Å². The van der Waals surface area contributed by atoms with Gasteiger partial charge in [-0.05, 0) is 77.9 Å². The summed E-state index contributed by atoms with van der Waals surface area (Å²) in [4.78, 5) is 2.41. The SMILES string of the molecule is c1ccc(-c2ccccc2N(c2ccc3oc4ccccc4c3c2)c2ccccc2-c2ccc3c(c2)c2cccc4c2n3-c2ccccc2O4)cc1. The van der Waals surface area contributed by atoms with E-state index in [1.54, 1.807) is 0 Å². The molecule has 0 amide bonds. The number of ether oxygens (including phenoxy) is 1. The molecule has 1 aliphatic rings. The van der Waals surface area contributed by atoms with Crippen LogP contribution >= 0.6 is 0 Å². The number of anilines is 3. The van der Waals surface area contributed by atoms with Gasteiger partial charge in [-0.1, -0.05) is 115 Å². The van der Waals surface area contributed by atoms with Crippen LogP contribution in [0.3, 0.4) is 0 Å². The van der Waals surface area contributed by atoms with Gasteiger partial charge in [0.25, 0.3) is 0 Å². The van der Waals surface area contributed by atoms with E-state index in [0.717, 1.165) is 89.5 Å². The molecule has 2 aromatic heterocycles. The van der Waals surface area contributed by atoms with Crippen molar-refractivity contribution in [3.8, 4) is 39.4 Å². The molecular formula is C48H30N2O2. The molecule has 4 heteroatoms. The molecule has 0 fully saturated rings. The van der Waals surface area contributed by atoms with Gasteiger partial charge in [0, 0.05) is 38.4 Å². The topological polar surface area (TPSA) is 30.5 Å². The Morgan fingerprint density at radius 2 is 1.10 bits per heavy atom. The fourth-order valence-electron chi connectivity index (χ4n) is 8.09. The van der Waals surface area contributed by atoms with Gasteiger partial charge in [0.1, 0.15) is 11.2 Å². The lowest BCUT2D eigenvalue weighted by Gasteiger charge is -2.30. The van der Waals surface area contributed by atoms with Crippen molar-refractivity contribution in [3.05, 3.63) is 182 Å². The first-order valence-corrected chi connectivity index (χ1v) is 17.6. The third-order valence-corrected chi connectivity index (χ3v) is 10.4. The number of rotatable bonds is 5. The molecule has 0 radical (unpaired) electrons. The van der Waals surface area contributed by atoms with Gasteiger partial charge in [-0.3, -0.25) is 0 Å². The van der Waals surface area contributed by atoms with Gasteiger partial charge in [0.15, 0.2) is 11.5 Å². The zero-order chi connectivity index (χ0) is 34.2. The fourth-order valence-corrected chi connectivity index (χ4v) is 8.09. The van der Waals surface area contributed by atoms with Crippen molar-refractivity contribution >= 4 is 60.8 Å². The van der Waals surface area contributed by atoms with Crippen LogP contribution in [0.4, 0.5) is 17.1 Å². The highest BCUT2D eigenvalue weighted by Gasteiger charge is 2.25. The number of fused-ring (bicyclic) bond motifs is 8. The summed E-state index contributed by atoms with van der Waals surface area (Å²) in [7, 11) is 0. The second-order valence-corrected chi connectivity index (χ2v) is 13.3. The molecule has 3 heterocycles. The third kappa shape index (κ3) is 4.28. The third-order valence-electron chi connectivity index (χ3n) is 10.4. The highest BCUT2D eigenvalue weighted by Crippen LogP contribution is 2.49. The molecule has 0 N–H and O–H groups in total. The highest BCUT2D eigenvalue weighted by molar-refractivity contribution is 6.13. The molecular weight excluding hydrogens is 637 g/mol. The van der Waals surface area contributed by atoms with E-state index in [1.165, 1.54) is 10.8 Å². The van der Waals surface area contributed by atoms with Crippen molar-refractivity contribution in [2.45, 2.75) is 0 Å². The Kier molecular flexibility index (Phi) is 6.22. The molecule has 1 aliphatic heterocycles. The average Bonchev–Trinajstić information content (AvgIpc) is 3.75. The summed E-state index contributed by atoms with van der Waals surface area (Å²) in [5.74, 6) is 1.74. The molecule has 11 rings (SSSR count). The van der Waals surface area contributed by atoms with Crippen LogP contribution in [-0.4, -0.2) is 4.57 Å². The van der Waals surface area contributed by atoms with E-state index in [0.29, 0.717) is 0 Å². The molecule has 0 unspecified atom stereocenters. The summed E-state index contributed by atoms with van der Waals surface area (Å²) < 4.78 is 15.0. The first kappa shape index (κ1) is 28.8. The van der Waals surface area contributed by atoms with Crippen molar-refractivity contribution in [2.75, 3.05) is 4.90 Å². The Morgan fingerprint density at radius 1 is 0.423 bits per heavy atom. The van der Waals surface area contributed by atoms with Crippen LogP contribution in [0.25, 0.3) is 71.7 Å². The van der Waals surface area contributed by atoms with Gasteiger partial charge in [-0.25, -0.2) is 0 Å². The normalized spacial score (nSPS) is 12.0. The molecule has 10 aromatic rings. The summed E-state index contributed by atoms with van der Waals surface area (Å²) >= 11 is 0. The summed E-state index contributed by atoms with van der Waals surface area (Å²) in [5.41, 5.74) is 12.9. The first-order valence-electron chi connectivity index (χ1n) is 17.6. The maximum Gasteiger partial charge on any atom is 0.152 e. The largest absolute Gasteiger partial charge is 0.456 e. The monoisotopic (exact) mass is 666 g/mol. The fraction of sp³-hybridized carbons (Fsp3) is 0. The minimum Gasteiger partial charge on any atom is -0.456 e. The van der Waals surface area contributed by atoms with Crippen molar-refractivity contribution in [3.63, 3.8) is 0 Å². The van der Waals surface area contributed by atoms with E-state index in [-0.39, 0.29) is 0 Å². The zero-order valence-corrected chi connectivity index (χ0v) is 28.0. The van der Waals surface area contributed by atoms with Gasteiger partial charge >= 0.3 is 0 Å². The highest BCUT2D eigenvalue weighted by atomic mass is 16.5. The number of furan rings is 1. The second kappa shape index (κ2) is 11.2. The summed E-state index contributed by atoms with van der Waals surface area (Å²) in [6.45, 7) is 0. The van der Waals surface area contributed by atoms with Gasteiger partial charge in [0.2, 0.25) is 0 Å². The molecule has 4 nitrogen and oxygen atoms in total. The lowest BCUT2D eigenvalue weighted by Crippen LogP contribution is -2.12. The molecule has 8 aromatic carbocycles. The Hall–Kier alpha value is -7.04. The van der Waals surface area contributed by atoms with Crippen LogP contribution in [0.1, 0.15) is 0 Å². The van der Waals surface area contributed by atoms with Gasteiger partial charge in [-0.15, -0.1) is 0 Å². The Morgan fingerprint density at radius 3 is 1.96 bits per heavy atom. The van der Waals surface area contributed by atoms with E-state index >= 15 is 0 Å². The first-order chi connectivity index (χ1) is 25.8. The lowest BCUT2D eigenvalue weighted by atomic mass is 9.97. The van der Waals surface area contributed by atoms with Gasteiger partial charge in [-0.2, -0.15) is 0 Å². The molecule has 52 heavy (non-hydrogen) atoms. The molecule has 0 bridgehead atoms. The lowest BCUT2D eigenvalue weighted by molar-refractivity contribution is 0.476. The summed E-state index contributed by atoms with van der Waals surface area (Å²) in [6.07, 6.45) is 0. The van der Waals surface area contributed by atoms with Crippen molar-refractivity contribution in [1.82, 2.24) is 4.57 Å². The van der Waals surface area contributed by atoms with Crippen LogP contribution in [0, 0.1) is 0 Å². The number of hydrogen-bond acceptors (Lipinski definition) is 3. The summed E-state index contributed by atoms with van der Waals surface area (Å²) in [6, 6.07) is 64.4. The zero-order valence-electron chi connectivity index (χ0n) is 28.0. The number of nitrogens with zero attached hydrogens (tertiary/aromatic N) is 2. The van der Waals surface area contributed by atoms with Crippen LogP contribution < -0.4 is 9.64 Å². The van der Waals surface area contributed by atoms with E-state index in [9.17, 15) is 0 Å². The van der Waals surface area contributed by atoms with Crippen LogP contribution in [0.5, 0.6) is 11.5 Å². The van der Waals surface area contributed by atoms with Crippen molar-refractivity contribution in [2.24, 2.45) is 0 Å². The molecule has 0 saturated carbocycles. The molecule has 0 atom stereocenters. The second-order valence-electron chi connectivity index (χ2n) is 13.3. The maximum absolute atomic E-state index is 6.41. The molecule has 244 valence electrons. The quantitative estimate of drug-likeness (QED) is 0.183. The maximum atomic E-state index is 6.41. The Bertz CT molecular complexity index is 3010. The summed E-state index contributed by atoms with van der Waals surface area (Å²) in [5, 5.41) is 4.55. The van der Waals surface area contributed by atoms with Crippen LogP contribution in [0.2, 0.25) is 0 Å². The van der Waals surface area contributed by atoms with E-state index in [2.05, 4.69) is 167 Å². The standard InChI is InChI=1S/C48H30N2O2/c1-2-13-31(14-3-1)34-15-4-7-19-40(34)49(33-26-28-45-39(30-33)36-17-6-10-22-44(36)51-45)41-20-8-5-16-35(41)32-25-27-42-38(29-32)37-18-12-24-47-48(37)50(42)43-21-9-11-23-46(43)52-47/h1-30H. The van der Waals surface area contributed by atoms with Gasteiger partial charge in [0.05, 0.1) is 28.1 Å². The van der Waals surface area contributed by atoms with Crippen molar-refractivity contribution in [1.29, 1.82) is 0 Å². The molecule has 0 saturated heterocycles. The van der Waals surface area contributed by atoms with Crippen LogP contribution in [0.15, 0.2) is 186 Å². The van der Waals surface area contributed by atoms with Crippen LogP contribution in [-0.2, 0) is 0 Å². The average molecular weight is 667 g/mol. The van der Waals surface area contributed by atoms with E-state index in [1.807, 2.05) is 24.3 Å². The molecule has 0 aliphatic carbocycles. The molecule has 0 spiro atoms. The number of aromatic nitrogens is 1. The van der Waals surface area contributed by atoms with E-state index in [4.69, 9.17) is 9.15 Å².